The summed E-state index contributed by atoms with van der Waals surface area (Å²) in [6.45, 7) is 0.407. The van der Waals surface area contributed by atoms with Crippen molar-refractivity contribution < 1.29 is 19.1 Å². The van der Waals surface area contributed by atoms with E-state index in [2.05, 4.69) is 20.8 Å². The second kappa shape index (κ2) is 10.4. The molecule has 9 heteroatoms. The Morgan fingerprint density at radius 3 is 2.50 bits per heavy atom. The van der Waals surface area contributed by atoms with Gasteiger partial charge < -0.3 is 20.1 Å². The number of aromatic nitrogens is 2. The number of carbonyl (C=O) groups excluding carboxylic acids is 2. The molecule has 0 spiro atoms. The minimum Gasteiger partial charge on any atom is -0.497 e. The maximum Gasteiger partial charge on any atom is 0.251 e. The summed E-state index contributed by atoms with van der Waals surface area (Å²) in [4.78, 5) is 24.4. The summed E-state index contributed by atoms with van der Waals surface area (Å²) in [6.07, 6.45) is 0.747. The topological polar surface area (TPSA) is 102 Å². The largest absolute Gasteiger partial charge is 0.497 e. The molecule has 0 aliphatic heterocycles. The number of nitrogens with one attached hydrogen (secondary N) is 2. The molecule has 2 N–H and O–H groups in total. The van der Waals surface area contributed by atoms with Crippen LogP contribution in [0.1, 0.15) is 20.9 Å². The highest BCUT2D eigenvalue weighted by Crippen LogP contribution is 2.17. The van der Waals surface area contributed by atoms with Crippen LogP contribution in [0.25, 0.3) is 0 Å². The summed E-state index contributed by atoms with van der Waals surface area (Å²) in [6, 6.07) is 14.2. The van der Waals surface area contributed by atoms with E-state index in [1.54, 1.807) is 38.5 Å². The Labute approximate surface area is 178 Å². The van der Waals surface area contributed by atoms with Crippen LogP contribution in [0.2, 0.25) is 0 Å². The minimum atomic E-state index is -0.188. The Morgan fingerprint density at radius 2 is 1.77 bits per heavy atom. The third kappa shape index (κ3) is 6.02. The highest BCUT2D eigenvalue weighted by molar-refractivity contribution is 7.15. The maximum atomic E-state index is 12.2. The monoisotopic (exact) mass is 426 g/mol. The fourth-order valence-corrected chi connectivity index (χ4v) is 3.40. The average Bonchev–Trinajstić information content (AvgIpc) is 3.21. The number of carbonyl (C=O) groups is 2. The van der Waals surface area contributed by atoms with Gasteiger partial charge in [0, 0.05) is 18.5 Å². The van der Waals surface area contributed by atoms with Crippen LogP contribution in [0.5, 0.6) is 11.5 Å². The molecule has 0 fully saturated rings. The van der Waals surface area contributed by atoms with Crippen LogP contribution < -0.4 is 20.1 Å². The molecule has 2 aromatic carbocycles. The fourth-order valence-electron chi connectivity index (χ4n) is 2.65. The number of methoxy groups -OCH3 is 2. The lowest BCUT2D eigenvalue weighted by Crippen LogP contribution is -2.25. The molecule has 1 aromatic heterocycles. The number of rotatable bonds is 9. The molecular formula is C21H22N4O4S. The van der Waals surface area contributed by atoms with Gasteiger partial charge in [-0.1, -0.05) is 29.5 Å². The average molecular weight is 426 g/mol. The van der Waals surface area contributed by atoms with Crippen LogP contribution >= 0.6 is 11.3 Å². The quantitative estimate of drug-likeness (QED) is 0.545. The zero-order valence-corrected chi connectivity index (χ0v) is 17.5. The molecule has 3 rings (SSSR count). The molecule has 30 heavy (non-hydrogen) atoms. The molecule has 156 valence electrons. The summed E-state index contributed by atoms with van der Waals surface area (Å²) in [7, 11) is 3.15. The lowest BCUT2D eigenvalue weighted by atomic mass is 10.1. The molecule has 0 saturated heterocycles. The van der Waals surface area contributed by atoms with Crippen molar-refractivity contribution in [2.75, 3.05) is 26.1 Å². The summed E-state index contributed by atoms with van der Waals surface area (Å²) in [5.74, 6) is 1.01. The maximum absolute atomic E-state index is 12.2. The summed E-state index contributed by atoms with van der Waals surface area (Å²) in [5.41, 5.74) is 1.40. The number of amides is 2. The van der Waals surface area contributed by atoms with Crippen molar-refractivity contribution in [1.82, 2.24) is 15.5 Å². The standard InChI is InChI=1S/C21H22N4O4S/c1-28-16-8-6-14(7-9-16)12-18(26)23-21-25-24-19(30-21)10-11-22-20(27)15-4-3-5-17(13-15)29-2/h3-9,13H,10-12H2,1-2H3,(H,22,27)(H,23,25,26). The molecule has 0 unspecified atom stereocenters. The van der Waals surface area contributed by atoms with Crippen molar-refractivity contribution in [1.29, 1.82) is 0 Å². The zero-order chi connectivity index (χ0) is 21.3. The Hall–Kier alpha value is -3.46. The van der Waals surface area contributed by atoms with Crippen LogP contribution in [-0.2, 0) is 17.6 Å². The first-order valence-electron chi connectivity index (χ1n) is 9.25. The van der Waals surface area contributed by atoms with E-state index in [4.69, 9.17) is 9.47 Å². The van der Waals surface area contributed by atoms with Crippen molar-refractivity contribution in [2.45, 2.75) is 12.8 Å². The smallest absolute Gasteiger partial charge is 0.251 e. The van der Waals surface area contributed by atoms with Gasteiger partial charge in [0.05, 0.1) is 20.6 Å². The summed E-state index contributed by atoms with van der Waals surface area (Å²) in [5, 5.41) is 14.8. The summed E-state index contributed by atoms with van der Waals surface area (Å²) >= 11 is 1.29. The van der Waals surface area contributed by atoms with Crippen molar-refractivity contribution >= 4 is 28.3 Å². The second-order valence-corrected chi connectivity index (χ2v) is 7.37. The lowest BCUT2D eigenvalue weighted by molar-refractivity contribution is -0.115. The SMILES string of the molecule is COc1ccc(CC(=O)Nc2nnc(CCNC(=O)c3cccc(OC)c3)s2)cc1. The zero-order valence-electron chi connectivity index (χ0n) is 16.7. The molecule has 0 atom stereocenters. The molecule has 0 bridgehead atoms. The van der Waals surface area contributed by atoms with Crippen molar-refractivity contribution in [2.24, 2.45) is 0 Å². The highest BCUT2D eigenvalue weighted by atomic mass is 32.1. The highest BCUT2D eigenvalue weighted by Gasteiger charge is 2.11. The molecule has 1 heterocycles. The first-order chi connectivity index (χ1) is 14.6. The van der Waals surface area contributed by atoms with Crippen molar-refractivity contribution in [3.8, 4) is 11.5 Å². The van der Waals surface area contributed by atoms with Gasteiger partial charge in [0.15, 0.2) is 0 Å². The van der Waals surface area contributed by atoms with E-state index in [1.807, 2.05) is 24.3 Å². The van der Waals surface area contributed by atoms with Gasteiger partial charge in [0.2, 0.25) is 11.0 Å². The van der Waals surface area contributed by atoms with E-state index in [9.17, 15) is 9.59 Å². The molecule has 0 radical (unpaired) electrons. The van der Waals surface area contributed by atoms with E-state index < -0.39 is 0 Å². The van der Waals surface area contributed by atoms with Gasteiger partial charge >= 0.3 is 0 Å². The Kier molecular flexibility index (Phi) is 7.34. The molecule has 0 aliphatic rings. The molecule has 0 aliphatic carbocycles. The van der Waals surface area contributed by atoms with Crippen molar-refractivity contribution in [3.05, 3.63) is 64.7 Å². The second-order valence-electron chi connectivity index (χ2n) is 6.31. The van der Waals surface area contributed by atoms with E-state index in [1.165, 1.54) is 11.3 Å². The van der Waals surface area contributed by atoms with E-state index in [0.29, 0.717) is 29.4 Å². The number of hydrogen-bond donors (Lipinski definition) is 2. The van der Waals surface area contributed by atoms with Crippen LogP contribution in [0.3, 0.4) is 0 Å². The minimum absolute atomic E-state index is 0.172. The normalized spacial score (nSPS) is 10.3. The van der Waals surface area contributed by atoms with Crippen LogP contribution in [0, 0.1) is 0 Å². The molecule has 3 aromatic rings. The van der Waals surface area contributed by atoms with E-state index >= 15 is 0 Å². The van der Waals surface area contributed by atoms with Gasteiger partial charge in [-0.25, -0.2) is 0 Å². The van der Waals surface area contributed by atoms with Gasteiger partial charge in [-0.05, 0) is 35.9 Å². The van der Waals surface area contributed by atoms with Crippen LogP contribution in [0.4, 0.5) is 5.13 Å². The van der Waals surface area contributed by atoms with Crippen molar-refractivity contribution in [3.63, 3.8) is 0 Å². The predicted octanol–water partition coefficient (Wildman–Crippen LogP) is 2.71. The first kappa shape index (κ1) is 21.3. The van der Waals surface area contributed by atoms with E-state index in [-0.39, 0.29) is 18.2 Å². The molecule has 8 nitrogen and oxygen atoms in total. The number of ether oxygens (including phenoxy) is 2. The first-order valence-corrected chi connectivity index (χ1v) is 10.1. The molecular weight excluding hydrogens is 404 g/mol. The van der Waals surface area contributed by atoms with Gasteiger partial charge in [-0.3, -0.25) is 9.59 Å². The van der Waals surface area contributed by atoms with Crippen LogP contribution in [-0.4, -0.2) is 42.8 Å². The number of anilines is 1. The number of benzene rings is 2. The summed E-state index contributed by atoms with van der Waals surface area (Å²) < 4.78 is 10.2. The number of hydrogen-bond acceptors (Lipinski definition) is 7. The fraction of sp³-hybridized carbons (Fsp3) is 0.238. The number of nitrogens with zero attached hydrogens (tertiary/aromatic N) is 2. The van der Waals surface area contributed by atoms with Gasteiger partial charge in [-0.2, -0.15) is 0 Å². The van der Waals surface area contributed by atoms with Gasteiger partial charge in [0.1, 0.15) is 16.5 Å². The Balaban J connectivity index is 1.45. The molecule has 2 amide bonds. The third-order valence-electron chi connectivity index (χ3n) is 4.19. The van der Waals surface area contributed by atoms with Crippen LogP contribution in [0.15, 0.2) is 48.5 Å². The lowest BCUT2D eigenvalue weighted by Gasteiger charge is -2.05. The predicted molar refractivity (Wildman–Crippen MR) is 114 cm³/mol. The van der Waals surface area contributed by atoms with E-state index in [0.717, 1.165) is 16.3 Å². The Morgan fingerprint density at radius 1 is 1.00 bits per heavy atom. The molecule has 0 saturated carbocycles. The third-order valence-corrected chi connectivity index (χ3v) is 5.09. The Bertz CT molecular complexity index is 1000. The van der Waals surface area contributed by atoms with Gasteiger partial charge in [0.25, 0.3) is 5.91 Å². The van der Waals surface area contributed by atoms with Gasteiger partial charge in [-0.15, -0.1) is 10.2 Å².